The van der Waals surface area contributed by atoms with Gasteiger partial charge in [0.2, 0.25) is 0 Å². The Hall–Kier alpha value is -4.60. The van der Waals surface area contributed by atoms with Crippen LogP contribution in [0.3, 0.4) is 0 Å². The van der Waals surface area contributed by atoms with Crippen LogP contribution in [0, 0.1) is 11.8 Å². The normalized spacial score (nSPS) is 16.4. The maximum Gasteiger partial charge on any atom is 0.491 e. The lowest BCUT2D eigenvalue weighted by Crippen LogP contribution is -2.46. The molecule has 0 radical (unpaired) electrons. The van der Waals surface area contributed by atoms with Gasteiger partial charge in [0.15, 0.2) is 0 Å². The Labute approximate surface area is 251 Å². The Morgan fingerprint density at radius 1 is 1.02 bits per heavy atom. The average molecular weight is 610 g/mol. The summed E-state index contributed by atoms with van der Waals surface area (Å²) in [5.74, 6) is 0.335. The third-order valence-corrected chi connectivity index (χ3v) is 6.89. The van der Waals surface area contributed by atoms with Crippen molar-refractivity contribution in [3.63, 3.8) is 0 Å². The molecular formula is C31H26F3N3O5S. The van der Waals surface area contributed by atoms with Gasteiger partial charge in [-0.2, -0.15) is 25.8 Å². The molecular weight excluding hydrogens is 583 g/mol. The van der Waals surface area contributed by atoms with Crippen molar-refractivity contribution in [1.29, 1.82) is 0 Å². The molecule has 1 heterocycles. The first-order chi connectivity index (χ1) is 20.4. The van der Waals surface area contributed by atoms with Gasteiger partial charge in [-0.1, -0.05) is 60.4 Å². The number of nitrogens with zero attached hydrogens (tertiary/aromatic N) is 2. The van der Waals surface area contributed by atoms with E-state index in [0.29, 0.717) is 16.8 Å². The Morgan fingerprint density at radius 2 is 1.65 bits per heavy atom. The number of hydrogen-bond donors (Lipinski definition) is 2. The molecule has 222 valence electrons. The molecule has 1 aliphatic heterocycles. The predicted molar refractivity (Wildman–Crippen MR) is 155 cm³/mol. The minimum Gasteiger partial charge on any atom is -0.386 e. The van der Waals surface area contributed by atoms with E-state index >= 15 is 0 Å². The van der Waals surface area contributed by atoms with Crippen LogP contribution in [0.5, 0.6) is 0 Å². The van der Waals surface area contributed by atoms with E-state index in [9.17, 15) is 32.3 Å². The van der Waals surface area contributed by atoms with Crippen LogP contribution in [0.4, 0.5) is 24.5 Å². The lowest BCUT2D eigenvalue weighted by Gasteiger charge is -2.35. The first-order valence-electron chi connectivity index (χ1n) is 13.0. The van der Waals surface area contributed by atoms with Crippen LogP contribution >= 0.6 is 12.6 Å². The van der Waals surface area contributed by atoms with E-state index in [2.05, 4.69) is 29.2 Å². The Balaban J connectivity index is 1.88. The molecule has 43 heavy (non-hydrogen) atoms. The van der Waals surface area contributed by atoms with Crippen molar-refractivity contribution < 1.29 is 37.1 Å². The highest BCUT2D eigenvalue weighted by atomic mass is 32.1. The molecule has 0 bridgehead atoms. The molecule has 0 aromatic heterocycles. The number of esters is 2. The van der Waals surface area contributed by atoms with Crippen LogP contribution < -0.4 is 10.6 Å². The molecule has 2 N–H and O–H groups in total. The van der Waals surface area contributed by atoms with Crippen molar-refractivity contribution in [2.24, 2.45) is 5.73 Å². The maximum absolute atomic E-state index is 14.5. The van der Waals surface area contributed by atoms with Crippen molar-refractivity contribution >= 4 is 47.8 Å². The molecule has 2 amide bonds. The number of carbonyl (C=O) groups is 4. The Morgan fingerprint density at radius 3 is 2.26 bits per heavy atom. The molecule has 3 aromatic carbocycles. The zero-order valence-corrected chi connectivity index (χ0v) is 23.6. The standard InChI is InChI=1S/C31H26F3N3O5S/c1-19(16-26(38)42-30(41)31(32,33)34)36-27(21-8-4-2-5-9-21)29(40)37(22-10-6-3-7-11-22)25-15-13-20(12-14-23(43)18-35)17-24(25)28(36)39/h2-11,13,15,17,19,23,27,43H,16,18,35H2,1H3. The number of benzene rings is 3. The first kappa shape index (κ1) is 31.3. The van der Waals surface area contributed by atoms with Crippen molar-refractivity contribution in [2.75, 3.05) is 11.4 Å². The molecule has 0 fully saturated rings. The Kier molecular flexibility index (Phi) is 9.58. The summed E-state index contributed by atoms with van der Waals surface area (Å²) in [6.45, 7) is 1.57. The quantitative estimate of drug-likeness (QED) is 0.184. The van der Waals surface area contributed by atoms with Gasteiger partial charge in [-0.15, -0.1) is 0 Å². The summed E-state index contributed by atoms with van der Waals surface area (Å²) in [4.78, 5) is 55.0. The molecule has 0 saturated carbocycles. The third kappa shape index (κ3) is 7.07. The van der Waals surface area contributed by atoms with Crippen molar-refractivity contribution in [1.82, 2.24) is 4.90 Å². The zero-order chi connectivity index (χ0) is 31.3. The molecule has 3 aromatic rings. The minimum atomic E-state index is -5.39. The van der Waals surface area contributed by atoms with Gasteiger partial charge in [0.1, 0.15) is 6.04 Å². The second-order valence-corrected chi connectivity index (χ2v) is 10.2. The molecule has 3 atom stereocenters. The summed E-state index contributed by atoms with van der Waals surface area (Å²) in [6.07, 6.45) is -6.19. The van der Waals surface area contributed by atoms with Crippen molar-refractivity contribution in [3.8, 4) is 11.8 Å². The number of alkyl halides is 3. The molecule has 4 rings (SSSR count). The van der Waals surface area contributed by atoms with Gasteiger partial charge in [0.25, 0.3) is 11.8 Å². The monoisotopic (exact) mass is 609 g/mol. The highest BCUT2D eigenvalue weighted by molar-refractivity contribution is 7.81. The molecule has 0 aliphatic carbocycles. The highest BCUT2D eigenvalue weighted by Crippen LogP contribution is 2.40. The molecule has 3 unspecified atom stereocenters. The lowest BCUT2D eigenvalue weighted by molar-refractivity contribution is -0.202. The van der Waals surface area contributed by atoms with Crippen LogP contribution in [0.2, 0.25) is 0 Å². The average Bonchev–Trinajstić information content (AvgIpc) is 3.07. The number of rotatable bonds is 6. The van der Waals surface area contributed by atoms with Gasteiger partial charge in [-0.05, 0) is 42.8 Å². The molecule has 12 heteroatoms. The van der Waals surface area contributed by atoms with Gasteiger partial charge in [0, 0.05) is 23.8 Å². The third-order valence-electron chi connectivity index (χ3n) is 6.55. The summed E-state index contributed by atoms with van der Waals surface area (Å²) in [5.41, 5.74) is 7.14. The van der Waals surface area contributed by atoms with E-state index < -0.39 is 53.7 Å². The number of amides is 2. The molecule has 0 saturated heterocycles. The number of carbonyl (C=O) groups excluding carboxylic acids is 4. The number of fused-ring (bicyclic) bond motifs is 1. The van der Waals surface area contributed by atoms with E-state index in [-0.39, 0.29) is 17.8 Å². The van der Waals surface area contributed by atoms with Gasteiger partial charge in [0.05, 0.1) is 22.9 Å². The zero-order valence-electron chi connectivity index (χ0n) is 22.7. The summed E-state index contributed by atoms with van der Waals surface area (Å²) in [7, 11) is 0. The van der Waals surface area contributed by atoms with Crippen LogP contribution in [0.1, 0.15) is 40.9 Å². The van der Waals surface area contributed by atoms with Gasteiger partial charge >= 0.3 is 18.1 Å². The molecule has 1 aliphatic rings. The fourth-order valence-corrected chi connectivity index (χ4v) is 4.67. The maximum atomic E-state index is 14.5. The second kappa shape index (κ2) is 13.1. The molecule has 8 nitrogen and oxygen atoms in total. The van der Waals surface area contributed by atoms with Gasteiger partial charge < -0.3 is 15.4 Å². The van der Waals surface area contributed by atoms with E-state index in [1.165, 1.54) is 17.9 Å². The van der Waals surface area contributed by atoms with Crippen LogP contribution in [0.25, 0.3) is 0 Å². The number of nitrogens with two attached hydrogens (primary N) is 1. The minimum absolute atomic E-state index is 0.0532. The number of ether oxygens (including phenoxy) is 1. The van der Waals surface area contributed by atoms with Gasteiger partial charge in [-0.3, -0.25) is 19.3 Å². The SMILES string of the molecule is CC(CC(=O)OC(=O)C(F)(F)F)N1C(=O)c2cc(C#CC(S)CN)ccc2N(c2ccccc2)C(=O)C1c1ccccc1. The van der Waals surface area contributed by atoms with Crippen LogP contribution in [-0.2, 0) is 19.1 Å². The van der Waals surface area contributed by atoms with E-state index in [1.807, 2.05) is 0 Å². The highest BCUT2D eigenvalue weighted by Gasteiger charge is 2.45. The number of hydrogen-bond acceptors (Lipinski definition) is 7. The second-order valence-electron chi connectivity index (χ2n) is 9.60. The first-order valence-corrected chi connectivity index (χ1v) is 13.6. The smallest absolute Gasteiger partial charge is 0.386 e. The fourth-order valence-electron chi connectivity index (χ4n) is 4.60. The van der Waals surface area contributed by atoms with E-state index in [0.717, 1.165) is 4.90 Å². The summed E-state index contributed by atoms with van der Waals surface area (Å²) in [6, 6.07) is 19.1. The number of para-hydroxylation sites is 1. The van der Waals surface area contributed by atoms with Crippen molar-refractivity contribution in [3.05, 3.63) is 95.6 Å². The van der Waals surface area contributed by atoms with E-state index in [4.69, 9.17) is 5.73 Å². The summed E-state index contributed by atoms with van der Waals surface area (Å²) >= 11 is 4.27. The van der Waals surface area contributed by atoms with Gasteiger partial charge in [-0.25, -0.2) is 4.79 Å². The summed E-state index contributed by atoms with van der Waals surface area (Å²) in [5, 5.41) is -0.429. The largest absolute Gasteiger partial charge is 0.491 e. The number of thiol groups is 1. The topological polar surface area (TPSA) is 110 Å². The molecule has 0 spiro atoms. The lowest BCUT2D eigenvalue weighted by atomic mass is 10.0. The number of anilines is 2. The van der Waals surface area contributed by atoms with Crippen molar-refractivity contribution in [2.45, 2.75) is 36.9 Å². The number of halogens is 3. The van der Waals surface area contributed by atoms with E-state index in [1.54, 1.807) is 72.8 Å². The van der Waals surface area contributed by atoms with Crippen LogP contribution in [-0.4, -0.2) is 52.7 Å². The summed E-state index contributed by atoms with van der Waals surface area (Å²) < 4.78 is 42.2. The van der Waals surface area contributed by atoms with Crippen LogP contribution in [0.15, 0.2) is 78.9 Å². The predicted octanol–water partition coefficient (Wildman–Crippen LogP) is 4.57. The Bertz CT molecular complexity index is 1590. The fraction of sp³-hybridized carbons (Fsp3) is 0.226.